The molecule has 0 unspecified atom stereocenters. The number of imidazole rings is 1. The number of benzene rings is 2. The highest BCUT2D eigenvalue weighted by atomic mass is 32.2. The van der Waals surface area contributed by atoms with Crippen LogP contribution < -0.4 is 4.74 Å². The second kappa shape index (κ2) is 7.84. The average Bonchev–Trinajstić information content (AvgIpc) is 3.04. The van der Waals surface area contributed by atoms with Crippen molar-refractivity contribution in [3.8, 4) is 5.75 Å². The van der Waals surface area contributed by atoms with E-state index in [4.69, 9.17) is 9.72 Å². The van der Waals surface area contributed by atoms with Crippen molar-refractivity contribution < 1.29 is 4.74 Å². The van der Waals surface area contributed by atoms with Gasteiger partial charge in [0.15, 0.2) is 5.16 Å². The smallest absolute Gasteiger partial charge is 0.169 e. The van der Waals surface area contributed by atoms with E-state index in [0.29, 0.717) is 0 Å². The third-order valence-corrected chi connectivity index (χ3v) is 5.49. The second-order valence-electron chi connectivity index (χ2n) is 6.47. The number of ether oxygens (including phenoxy) is 1. The molecule has 0 fully saturated rings. The van der Waals surface area contributed by atoms with Crippen LogP contribution in [-0.2, 0) is 12.3 Å². The highest BCUT2D eigenvalue weighted by Gasteiger charge is 2.12. The molecule has 136 valence electrons. The molecule has 0 atom stereocenters. The molecule has 4 nitrogen and oxygen atoms in total. The molecule has 4 rings (SSSR count). The van der Waals surface area contributed by atoms with Crippen LogP contribution in [0.15, 0.2) is 72.1 Å². The first kappa shape index (κ1) is 17.6. The fourth-order valence-corrected chi connectivity index (χ4v) is 4.07. The summed E-state index contributed by atoms with van der Waals surface area (Å²) in [6.45, 7) is 2.90. The predicted octanol–water partition coefficient (Wildman–Crippen LogP) is 5.09. The molecule has 2 aromatic heterocycles. The number of aryl methyl sites for hydroxylation is 1. The number of fused-ring (bicyclic) bond motifs is 1. The molecule has 2 aromatic carbocycles. The molecule has 5 heteroatoms. The van der Waals surface area contributed by atoms with Crippen LogP contribution in [0.1, 0.15) is 16.7 Å². The zero-order chi connectivity index (χ0) is 18.6. The van der Waals surface area contributed by atoms with E-state index in [1.165, 1.54) is 16.7 Å². The molecular formula is C22H21N3OS. The number of thioether (sulfide) groups is 1. The Morgan fingerprint density at radius 2 is 1.89 bits per heavy atom. The normalized spacial score (nSPS) is 11.0. The maximum absolute atomic E-state index is 5.33. The number of pyridine rings is 1. The average molecular weight is 375 g/mol. The van der Waals surface area contributed by atoms with Crippen LogP contribution in [0, 0.1) is 6.92 Å². The number of hydrogen-bond donors (Lipinski definition) is 0. The molecule has 4 aromatic rings. The van der Waals surface area contributed by atoms with Crippen LogP contribution in [0.25, 0.3) is 11.0 Å². The number of methoxy groups -OCH3 is 1. The van der Waals surface area contributed by atoms with Gasteiger partial charge >= 0.3 is 0 Å². The van der Waals surface area contributed by atoms with Crippen LogP contribution in [0.4, 0.5) is 0 Å². The molecule has 0 N–H and O–H groups in total. The van der Waals surface area contributed by atoms with Gasteiger partial charge in [0.1, 0.15) is 5.75 Å². The van der Waals surface area contributed by atoms with Gasteiger partial charge in [0, 0.05) is 11.9 Å². The van der Waals surface area contributed by atoms with Crippen LogP contribution in [-0.4, -0.2) is 21.6 Å². The fourth-order valence-electron chi connectivity index (χ4n) is 3.11. The number of nitrogens with zero attached hydrogens (tertiary/aromatic N) is 3. The molecule has 0 saturated carbocycles. The molecule has 0 saturated heterocycles. The van der Waals surface area contributed by atoms with Gasteiger partial charge in [-0.3, -0.25) is 4.98 Å². The Kier molecular flexibility index (Phi) is 5.12. The molecule has 0 amide bonds. The Labute approximate surface area is 163 Å². The van der Waals surface area contributed by atoms with E-state index in [0.717, 1.165) is 34.2 Å². The first-order chi connectivity index (χ1) is 13.2. The van der Waals surface area contributed by atoms with Gasteiger partial charge in [-0.1, -0.05) is 53.7 Å². The van der Waals surface area contributed by atoms with Crippen molar-refractivity contribution in [2.45, 2.75) is 24.4 Å². The minimum absolute atomic E-state index is 0.782. The summed E-state index contributed by atoms with van der Waals surface area (Å²) in [4.78, 5) is 9.14. The Balaban J connectivity index is 1.65. The van der Waals surface area contributed by atoms with Gasteiger partial charge in [-0.05, 0) is 36.2 Å². The number of aromatic nitrogens is 3. The van der Waals surface area contributed by atoms with Gasteiger partial charge in [0.25, 0.3) is 0 Å². The monoisotopic (exact) mass is 375 g/mol. The summed E-state index contributed by atoms with van der Waals surface area (Å²) in [6.07, 6.45) is 3.69. The highest BCUT2D eigenvalue weighted by Crippen LogP contribution is 2.28. The van der Waals surface area contributed by atoms with Crippen molar-refractivity contribution in [3.63, 3.8) is 0 Å². The molecule has 27 heavy (non-hydrogen) atoms. The summed E-state index contributed by atoms with van der Waals surface area (Å²) in [6, 6.07) is 18.7. The van der Waals surface area contributed by atoms with Crippen molar-refractivity contribution in [2.24, 2.45) is 0 Å². The first-order valence-corrected chi connectivity index (χ1v) is 9.83. The lowest BCUT2D eigenvalue weighted by molar-refractivity contribution is 0.414. The van der Waals surface area contributed by atoms with E-state index in [9.17, 15) is 0 Å². The quantitative estimate of drug-likeness (QED) is 0.440. The third kappa shape index (κ3) is 3.98. The largest absolute Gasteiger partial charge is 0.497 e. The lowest BCUT2D eigenvalue weighted by Crippen LogP contribution is -2.02. The Morgan fingerprint density at radius 3 is 2.74 bits per heavy atom. The number of rotatable bonds is 6. The van der Waals surface area contributed by atoms with Crippen LogP contribution in [0.2, 0.25) is 0 Å². The van der Waals surface area contributed by atoms with Crippen molar-refractivity contribution in [2.75, 3.05) is 7.11 Å². The van der Waals surface area contributed by atoms with Gasteiger partial charge in [0.2, 0.25) is 0 Å². The van der Waals surface area contributed by atoms with Gasteiger partial charge in [-0.2, -0.15) is 0 Å². The third-order valence-electron chi connectivity index (χ3n) is 4.44. The standard InChI is InChI=1S/C22H21N3OS/c1-16-5-3-6-17(11-16)14-25-21-13-23-10-9-20(21)24-22(25)27-15-18-7-4-8-19(12-18)26-2/h3-13H,14-15H2,1-2H3. The summed E-state index contributed by atoms with van der Waals surface area (Å²) in [5.41, 5.74) is 5.78. The first-order valence-electron chi connectivity index (χ1n) is 8.84. The summed E-state index contributed by atoms with van der Waals surface area (Å²) in [5, 5.41) is 1.00. The Bertz CT molecular complexity index is 1070. The Morgan fingerprint density at radius 1 is 1.04 bits per heavy atom. The lowest BCUT2D eigenvalue weighted by atomic mass is 10.1. The van der Waals surface area contributed by atoms with Crippen molar-refractivity contribution in [3.05, 3.63) is 83.7 Å². The maximum atomic E-state index is 5.33. The van der Waals surface area contributed by atoms with Crippen LogP contribution in [0.5, 0.6) is 5.75 Å². The molecule has 0 bridgehead atoms. The van der Waals surface area contributed by atoms with Gasteiger partial charge < -0.3 is 9.30 Å². The van der Waals surface area contributed by atoms with E-state index in [2.05, 4.69) is 52.9 Å². The van der Waals surface area contributed by atoms with E-state index in [1.54, 1.807) is 25.1 Å². The topological polar surface area (TPSA) is 39.9 Å². The summed E-state index contributed by atoms with van der Waals surface area (Å²) in [7, 11) is 1.69. The van der Waals surface area contributed by atoms with Crippen molar-refractivity contribution >= 4 is 22.8 Å². The molecule has 0 spiro atoms. The van der Waals surface area contributed by atoms with Crippen LogP contribution in [0.3, 0.4) is 0 Å². The lowest BCUT2D eigenvalue weighted by Gasteiger charge is -2.10. The molecule has 0 aliphatic heterocycles. The summed E-state index contributed by atoms with van der Waals surface area (Å²) in [5.74, 6) is 1.72. The van der Waals surface area contributed by atoms with E-state index in [1.807, 2.05) is 24.4 Å². The van der Waals surface area contributed by atoms with E-state index < -0.39 is 0 Å². The molecule has 0 aliphatic rings. The molecular weight excluding hydrogens is 354 g/mol. The van der Waals surface area contributed by atoms with E-state index in [-0.39, 0.29) is 0 Å². The molecule has 0 aliphatic carbocycles. The summed E-state index contributed by atoms with van der Waals surface area (Å²) >= 11 is 1.74. The van der Waals surface area contributed by atoms with Gasteiger partial charge in [-0.25, -0.2) is 4.98 Å². The van der Waals surface area contributed by atoms with Crippen molar-refractivity contribution in [1.29, 1.82) is 0 Å². The summed E-state index contributed by atoms with van der Waals surface area (Å²) < 4.78 is 7.58. The predicted molar refractivity (Wildman–Crippen MR) is 110 cm³/mol. The minimum Gasteiger partial charge on any atom is -0.497 e. The molecule has 2 heterocycles. The Hall–Kier alpha value is -2.79. The van der Waals surface area contributed by atoms with E-state index >= 15 is 0 Å². The fraction of sp³-hybridized carbons (Fsp3) is 0.182. The second-order valence-corrected chi connectivity index (χ2v) is 7.42. The SMILES string of the molecule is COc1cccc(CSc2nc3ccncc3n2Cc2cccc(C)c2)c1. The van der Waals surface area contributed by atoms with Gasteiger partial charge in [-0.15, -0.1) is 0 Å². The maximum Gasteiger partial charge on any atom is 0.169 e. The van der Waals surface area contributed by atoms with Crippen molar-refractivity contribution in [1.82, 2.24) is 14.5 Å². The zero-order valence-electron chi connectivity index (χ0n) is 15.4. The van der Waals surface area contributed by atoms with Crippen LogP contribution >= 0.6 is 11.8 Å². The number of hydrogen-bond acceptors (Lipinski definition) is 4. The minimum atomic E-state index is 0.782. The van der Waals surface area contributed by atoms with Gasteiger partial charge in [0.05, 0.1) is 30.9 Å². The zero-order valence-corrected chi connectivity index (χ0v) is 16.2. The molecule has 0 radical (unpaired) electrons. The highest BCUT2D eigenvalue weighted by molar-refractivity contribution is 7.98.